The van der Waals surface area contributed by atoms with Crippen LogP contribution in [0.15, 0.2) is 27.1 Å². The minimum Gasteiger partial charge on any atom is -0.381 e. The lowest BCUT2D eigenvalue weighted by atomic mass is 9.48. The Kier molecular flexibility index (Phi) is 3.65. The fraction of sp³-hybridized carbons (Fsp3) is 0.667. The summed E-state index contributed by atoms with van der Waals surface area (Å²) >= 11 is 7.23. The number of rotatable bonds is 3. The van der Waals surface area contributed by atoms with Gasteiger partial charge in [-0.2, -0.15) is 0 Å². The average molecular weight is 413 g/mol. The first-order valence-corrected chi connectivity index (χ1v) is 9.84. The Bertz CT molecular complexity index is 519. The van der Waals surface area contributed by atoms with Gasteiger partial charge < -0.3 is 5.32 Å². The lowest BCUT2D eigenvalue weighted by Crippen LogP contribution is -2.52. The van der Waals surface area contributed by atoms with Gasteiger partial charge in [0.25, 0.3) is 0 Å². The molecule has 4 fully saturated rings. The number of anilines is 1. The second kappa shape index (κ2) is 5.26. The van der Waals surface area contributed by atoms with Gasteiger partial charge in [-0.05, 0) is 103 Å². The molecule has 0 spiro atoms. The van der Waals surface area contributed by atoms with Gasteiger partial charge in [0.05, 0.1) is 0 Å². The summed E-state index contributed by atoms with van der Waals surface area (Å²) in [6.45, 7) is 2.42. The van der Waals surface area contributed by atoms with Crippen molar-refractivity contribution in [3.63, 3.8) is 0 Å². The third-order valence-corrected chi connectivity index (χ3v) is 7.46. The van der Waals surface area contributed by atoms with E-state index in [2.05, 4.69) is 62.3 Å². The zero-order valence-electron chi connectivity index (χ0n) is 12.5. The Morgan fingerprint density at radius 1 is 1.05 bits per heavy atom. The van der Waals surface area contributed by atoms with Crippen LogP contribution in [0.25, 0.3) is 0 Å². The van der Waals surface area contributed by atoms with E-state index in [9.17, 15) is 0 Å². The van der Waals surface area contributed by atoms with E-state index in [0.29, 0.717) is 11.5 Å². The Morgan fingerprint density at radius 2 is 1.62 bits per heavy atom. The first-order valence-electron chi connectivity index (χ1n) is 8.26. The van der Waals surface area contributed by atoms with Crippen LogP contribution in [-0.4, -0.2) is 6.04 Å². The summed E-state index contributed by atoms with van der Waals surface area (Å²) in [5.74, 6) is 3.07. The van der Waals surface area contributed by atoms with Gasteiger partial charge in [-0.25, -0.2) is 0 Å². The van der Waals surface area contributed by atoms with E-state index in [1.54, 1.807) is 0 Å². The first kappa shape index (κ1) is 14.6. The second-order valence-corrected chi connectivity index (χ2v) is 9.54. The third kappa shape index (κ3) is 2.59. The van der Waals surface area contributed by atoms with Crippen LogP contribution in [0.1, 0.15) is 45.4 Å². The normalized spacial score (nSPS) is 38.5. The smallest absolute Gasteiger partial charge is 0.0487 e. The Balaban J connectivity index is 1.56. The van der Waals surface area contributed by atoms with Crippen LogP contribution in [-0.2, 0) is 0 Å². The molecule has 3 heteroatoms. The molecule has 1 aromatic carbocycles. The second-order valence-electron chi connectivity index (χ2n) is 7.77. The van der Waals surface area contributed by atoms with Gasteiger partial charge in [-0.3, -0.25) is 0 Å². The van der Waals surface area contributed by atoms with Crippen LogP contribution in [0.2, 0.25) is 0 Å². The van der Waals surface area contributed by atoms with Gasteiger partial charge >= 0.3 is 0 Å². The minimum atomic E-state index is 0.557. The van der Waals surface area contributed by atoms with Crippen LogP contribution in [0.5, 0.6) is 0 Å². The molecule has 21 heavy (non-hydrogen) atoms. The van der Waals surface area contributed by atoms with E-state index in [1.165, 1.54) is 44.2 Å². The van der Waals surface area contributed by atoms with Crippen molar-refractivity contribution < 1.29 is 0 Å². The van der Waals surface area contributed by atoms with Gasteiger partial charge in [0, 0.05) is 20.7 Å². The molecule has 0 aromatic heterocycles. The van der Waals surface area contributed by atoms with Crippen LogP contribution in [0.3, 0.4) is 0 Å². The Hall–Kier alpha value is -0.0200. The predicted octanol–water partition coefficient (Wildman–Crippen LogP) is 6.23. The van der Waals surface area contributed by atoms with Gasteiger partial charge in [-0.15, -0.1) is 0 Å². The highest BCUT2D eigenvalue weighted by Crippen LogP contribution is 2.61. The fourth-order valence-electron chi connectivity index (χ4n) is 5.70. The summed E-state index contributed by atoms with van der Waals surface area (Å²) in [6.07, 6.45) is 8.94. The number of halogens is 2. The van der Waals surface area contributed by atoms with Crippen molar-refractivity contribution >= 4 is 37.5 Å². The molecule has 0 aliphatic heterocycles. The van der Waals surface area contributed by atoms with Crippen molar-refractivity contribution in [3.05, 3.63) is 27.1 Å². The van der Waals surface area contributed by atoms with Crippen LogP contribution in [0, 0.1) is 23.2 Å². The lowest BCUT2D eigenvalue weighted by Gasteiger charge is -2.59. The zero-order valence-corrected chi connectivity index (χ0v) is 15.7. The molecule has 4 bridgehead atoms. The summed E-state index contributed by atoms with van der Waals surface area (Å²) in [5, 5.41) is 3.83. The molecule has 4 aliphatic rings. The van der Waals surface area contributed by atoms with Crippen molar-refractivity contribution in [1.29, 1.82) is 0 Å². The topological polar surface area (TPSA) is 12.0 Å². The molecular formula is C18H23Br2N. The SMILES string of the molecule is CC(Nc1ccc(Br)cc1Br)C12CC3CC(CC(C3)C1)C2. The largest absolute Gasteiger partial charge is 0.381 e. The molecule has 0 heterocycles. The molecule has 0 radical (unpaired) electrons. The molecule has 4 aliphatic carbocycles. The summed E-state index contributed by atoms with van der Waals surface area (Å²) in [4.78, 5) is 0. The van der Waals surface area contributed by atoms with Gasteiger partial charge in [0.15, 0.2) is 0 Å². The average Bonchev–Trinajstić information content (AvgIpc) is 2.40. The Morgan fingerprint density at radius 3 is 2.14 bits per heavy atom. The van der Waals surface area contributed by atoms with Crippen LogP contribution < -0.4 is 5.32 Å². The zero-order chi connectivity index (χ0) is 14.6. The van der Waals surface area contributed by atoms with E-state index in [4.69, 9.17) is 0 Å². The molecule has 1 atom stereocenters. The molecule has 0 amide bonds. The number of nitrogens with one attached hydrogen (secondary N) is 1. The fourth-order valence-corrected chi connectivity index (χ4v) is 6.86. The van der Waals surface area contributed by atoms with Crippen LogP contribution in [0.4, 0.5) is 5.69 Å². The minimum absolute atomic E-state index is 0.557. The van der Waals surface area contributed by atoms with E-state index in [-0.39, 0.29) is 0 Å². The molecular weight excluding hydrogens is 390 g/mol. The quantitative estimate of drug-likeness (QED) is 0.620. The summed E-state index contributed by atoms with van der Waals surface area (Å²) in [6, 6.07) is 7.02. The van der Waals surface area contributed by atoms with E-state index in [0.717, 1.165) is 26.7 Å². The first-order chi connectivity index (χ1) is 10.0. The third-order valence-electron chi connectivity index (χ3n) is 6.31. The maximum atomic E-state index is 3.83. The standard InChI is InChI=1S/C18H23Br2N/c1-11(21-17-3-2-15(19)7-16(17)20)18-8-12-4-13(9-18)6-14(5-12)10-18/h2-3,7,11-14,21H,4-6,8-10H2,1H3. The van der Waals surface area contributed by atoms with Gasteiger partial charge in [-0.1, -0.05) is 15.9 Å². The van der Waals surface area contributed by atoms with Crippen molar-refractivity contribution in [2.24, 2.45) is 23.2 Å². The van der Waals surface area contributed by atoms with Gasteiger partial charge in [0.2, 0.25) is 0 Å². The molecule has 1 N–H and O–H groups in total. The van der Waals surface area contributed by atoms with Crippen molar-refractivity contribution in [2.75, 3.05) is 5.32 Å². The van der Waals surface area contributed by atoms with Crippen LogP contribution >= 0.6 is 31.9 Å². The molecule has 4 saturated carbocycles. The van der Waals surface area contributed by atoms with Crippen molar-refractivity contribution in [1.82, 2.24) is 0 Å². The van der Waals surface area contributed by atoms with Gasteiger partial charge in [0.1, 0.15) is 0 Å². The lowest BCUT2D eigenvalue weighted by molar-refractivity contribution is -0.0602. The monoisotopic (exact) mass is 411 g/mol. The van der Waals surface area contributed by atoms with Crippen molar-refractivity contribution in [3.8, 4) is 0 Å². The maximum absolute atomic E-state index is 3.83. The maximum Gasteiger partial charge on any atom is 0.0487 e. The summed E-state index contributed by atoms with van der Waals surface area (Å²) < 4.78 is 2.29. The highest BCUT2D eigenvalue weighted by atomic mass is 79.9. The highest BCUT2D eigenvalue weighted by Gasteiger charge is 2.53. The number of hydrogen-bond acceptors (Lipinski definition) is 1. The van der Waals surface area contributed by atoms with E-state index >= 15 is 0 Å². The molecule has 114 valence electrons. The summed E-state index contributed by atoms with van der Waals surface area (Å²) in [7, 11) is 0. The number of hydrogen-bond donors (Lipinski definition) is 1. The van der Waals surface area contributed by atoms with E-state index in [1.807, 2.05) is 0 Å². The molecule has 1 unspecified atom stereocenters. The van der Waals surface area contributed by atoms with Crippen molar-refractivity contribution in [2.45, 2.75) is 51.5 Å². The van der Waals surface area contributed by atoms with E-state index < -0.39 is 0 Å². The number of benzene rings is 1. The summed E-state index contributed by atoms with van der Waals surface area (Å²) in [5.41, 5.74) is 1.79. The molecule has 1 nitrogen and oxygen atoms in total. The molecule has 0 saturated heterocycles. The molecule has 5 rings (SSSR count). The Labute approximate surface area is 144 Å². The highest BCUT2D eigenvalue weighted by molar-refractivity contribution is 9.11. The predicted molar refractivity (Wildman–Crippen MR) is 95.5 cm³/mol. The molecule has 1 aromatic rings.